The Labute approximate surface area is 166 Å². The molecule has 2 saturated heterocycles. The molecule has 28 heavy (non-hydrogen) atoms. The molecular formula is C23H27N3O2. The molecule has 2 aromatic carbocycles. The average Bonchev–Trinajstić information content (AvgIpc) is 2.69. The molecule has 2 aromatic rings. The standard InChI is InChI=1S/C23H27N3O2/c1-16-8-9-19(17(2)12-16)14-25-10-11-26-21(15-25)22(27)24-20(23(26)28)13-18-6-4-3-5-7-18/h3-9,12,20-21H,10-11,13-15H2,1-2H3,(H,24,27)/t20-,21+/m0/s1. The first-order valence-corrected chi connectivity index (χ1v) is 9.94. The number of hydrogen-bond acceptors (Lipinski definition) is 3. The molecule has 1 N–H and O–H groups in total. The third-order valence-corrected chi connectivity index (χ3v) is 5.84. The van der Waals surface area contributed by atoms with Gasteiger partial charge in [-0.3, -0.25) is 14.5 Å². The van der Waals surface area contributed by atoms with E-state index in [-0.39, 0.29) is 17.9 Å². The molecule has 2 heterocycles. The SMILES string of the molecule is Cc1ccc(CN2CCN3C(=O)[C@H](Cc4ccccc4)NC(=O)[C@H]3C2)c(C)c1. The molecule has 2 atom stereocenters. The van der Waals surface area contributed by atoms with Crippen LogP contribution in [0.2, 0.25) is 0 Å². The van der Waals surface area contributed by atoms with Crippen molar-refractivity contribution in [3.63, 3.8) is 0 Å². The molecule has 2 aliphatic rings. The summed E-state index contributed by atoms with van der Waals surface area (Å²) >= 11 is 0. The summed E-state index contributed by atoms with van der Waals surface area (Å²) in [6, 6.07) is 15.5. The summed E-state index contributed by atoms with van der Waals surface area (Å²) < 4.78 is 0. The van der Waals surface area contributed by atoms with Crippen LogP contribution in [0.5, 0.6) is 0 Å². The number of nitrogens with one attached hydrogen (secondary N) is 1. The first kappa shape index (κ1) is 18.7. The minimum absolute atomic E-state index is 0.0362. The molecule has 146 valence electrons. The first-order chi connectivity index (χ1) is 13.5. The maximum atomic E-state index is 13.0. The Morgan fingerprint density at radius 3 is 2.57 bits per heavy atom. The molecular weight excluding hydrogens is 350 g/mol. The zero-order valence-corrected chi connectivity index (χ0v) is 16.5. The van der Waals surface area contributed by atoms with Crippen molar-refractivity contribution in [3.8, 4) is 0 Å². The Hall–Kier alpha value is -2.66. The predicted octanol–water partition coefficient (Wildman–Crippen LogP) is 2.06. The van der Waals surface area contributed by atoms with Gasteiger partial charge in [0.15, 0.2) is 0 Å². The van der Waals surface area contributed by atoms with Crippen LogP contribution in [0.3, 0.4) is 0 Å². The normalized spacial score (nSPS) is 22.7. The van der Waals surface area contributed by atoms with E-state index in [1.807, 2.05) is 30.3 Å². The number of benzene rings is 2. The maximum absolute atomic E-state index is 13.0. The van der Waals surface area contributed by atoms with E-state index in [1.165, 1.54) is 16.7 Å². The molecule has 0 bridgehead atoms. The molecule has 0 aromatic heterocycles. The Kier molecular flexibility index (Phi) is 5.18. The fraction of sp³-hybridized carbons (Fsp3) is 0.391. The Bertz CT molecular complexity index is 881. The number of aryl methyl sites for hydroxylation is 2. The smallest absolute Gasteiger partial charge is 0.246 e. The topological polar surface area (TPSA) is 52.6 Å². The molecule has 2 aliphatic heterocycles. The van der Waals surface area contributed by atoms with Crippen molar-refractivity contribution >= 4 is 11.8 Å². The average molecular weight is 377 g/mol. The lowest BCUT2D eigenvalue weighted by Crippen LogP contribution is -2.69. The summed E-state index contributed by atoms with van der Waals surface area (Å²) in [5.41, 5.74) is 4.87. The zero-order valence-electron chi connectivity index (χ0n) is 16.5. The second kappa shape index (κ2) is 7.76. The fourth-order valence-electron chi connectivity index (χ4n) is 4.25. The molecule has 0 unspecified atom stereocenters. The lowest BCUT2D eigenvalue weighted by atomic mass is 9.98. The van der Waals surface area contributed by atoms with Crippen molar-refractivity contribution in [1.82, 2.24) is 15.1 Å². The van der Waals surface area contributed by atoms with Crippen LogP contribution in [0.4, 0.5) is 0 Å². The van der Waals surface area contributed by atoms with Gasteiger partial charge in [0.1, 0.15) is 12.1 Å². The Morgan fingerprint density at radius 1 is 1.04 bits per heavy atom. The van der Waals surface area contributed by atoms with Crippen LogP contribution in [0.25, 0.3) is 0 Å². The number of amides is 2. The number of rotatable bonds is 4. The Balaban J connectivity index is 1.43. The van der Waals surface area contributed by atoms with Gasteiger partial charge in [0, 0.05) is 32.6 Å². The zero-order chi connectivity index (χ0) is 19.7. The summed E-state index contributed by atoms with van der Waals surface area (Å²) in [5, 5.41) is 2.96. The van der Waals surface area contributed by atoms with Gasteiger partial charge < -0.3 is 10.2 Å². The molecule has 5 heteroatoms. The van der Waals surface area contributed by atoms with Gasteiger partial charge in [0.05, 0.1) is 0 Å². The van der Waals surface area contributed by atoms with Gasteiger partial charge in [-0.05, 0) is 30.5 Å². The molecule has 0 spiro atoms. The maximum Gasteiger partial charge on any atom is 0.246 e. The van der Waals surface area contributed by atoms with E-state index in [2.05, 4.69) is 42.3 Å². The molecule has 4 rings (SSSR count). The largest absolute Gasteiger partial charge is 0.342 e. The summed E-state index contributed by atoms with van der Waals surface area (Å²) in [6.45, 7) is 7.02. The van der Waals surface area contributed by atoms with Crippen molar-refractivity contribution in [2.24, 2.45) is 0 Å². The minimum atomic E-state index is -0.461. The number of nitrogens with zero attached hydrogens (tertiary/aromatic N) is 2. The molecule has 0 saturated carbocycles. The van der Waals surface area contributed by atoms with E-state index in [1.54, 1.807) is 4.90 Å². The van der Waals surface area contributed by atoms with Crippen LogP contribution in [0, 0.1) is 13.8 Å². The fourth-order valence-corrected chi connectivity index (χ4v) is 4.25. The van der Waals surface area contributed by atoms with Crippen molar-refractivity contribution < 1.29 is 9.59 Å². The highest BCUT2D eigenvalue weighted by atomic mass is 16.2. The molecule has 0 radical (unpaired) electrons. The van der Waals surface area contributed by atoms with Crippen LogP contribution < -0.4 is 5.32 Å². The third kappa shape index (κ3) is 3.80. The Morgan fingerprint density at radius 2 is 1.82 bits per heavy atom. The van der Waals surface area contributed by atoms with Gasteiger partial charge >= 0.3 is 0 Å². The van der Waals surface area contributed by atoms with Gasteiger partial charge in [0.2, 0.25) is 11.8 Å². The molecule has 2 amide bonds. The number of hydrogen-bond donors (Lipinski definition) is 1. The third-order valence-electron chi connectivity index (χ3n) is 5.84. The van der Waals surface area contributed by atoms with Crippen LogP contribution >= 0.6 is 0 Å². The van der Waals surface area contributed by atoms with E-state index >= 15 is 0 Å². The van der Waals surface area contributed by atoms with E-state index in [0.717, 1.165) is 18.7 Å². The van der Waals surface area contributed by atoms with Gasteiger partial charge in [-0.1, -0.05) is 54.1 Å². The van der Waals surface area contributed by atoms with Crippen molar-refractivity contribution in [2.45, 2.75) is 38.9 Å². The van der Waals surface area contributed by atoms with Gasteiger partial charge in [0.25, 0.3) is 0 Å². The van der Waals surface area contributed by atoms with Crippen molar-refractivity contribution in [2.75, 3.05) is 19.6 Å². The van der Waals surface area contributed by atoms with Crippen LogP contribution in [0.15, 0.2) is 48.5 Å². The van der Waals surface area contributed by atoms with E-state index in [9.17, 15) is 9.59 Å². The highest BCUT2D eigenvalue weighted by molar-refractivity contribution is 5.97. The monoisotopic (exact) mass is 377 g/mol. The summed E-state index contributed by atoms with van der Waals surface area (Å²) in [5.74, 6) is 0.00507. The van der Waals surface area contributed by atoms with Crippen molar-refractivity contribution in [3.05, 3.63) is 70.8 Å². The predicted molar refractivity (Wildman–Crippen MR) is 109 cm³/mol. The van der Waals surface area contributed by atoms with Crippen LogP contribution in [-0.4, -0.2) is 53.3 Å². The van der Waals surface area contributed by atoms with E-state index in [0.29, 0.717) is 19.5 Å². The number of carbonyl (C=O) groups excluding carboxylic acids is 2. The van der Waals surface area contributed by atoms with E-state index in [4.69, 9.17) is 0 Å². The highest BCUT2D eigenvalue weighted by Gasteiger charge is 2.43. The quantitative estimate of drug-likeness (QED) is 0.887. The minimum Gasteiger partial charge on any atom is -0.342 e. The molecule has 0 aliphatic carbocycles. The second-order valence-electron chi connectivity index (χ2n) is 7.96. The summed E-state index contributed by atoms with van der Waals surface area (Å²) in [4.78, 5) is 29.8. The number of fused-ring (bicyclic) bond motifs is 1. The van der Waals surface area contributed by atoms with Gasteiger partial charge in [-0.25, -0.2) is 0 Å². The van der Waals surface area contributed by atoms with Gasteiger partial charge in [-0.2, -0.15) is 0 Å². The van der Waals surface area contributed by atoms with Gasteiger partial charge in [-0.15, -0.1) is 0 Å². The second-order valence-corrected chi connectivity index (χ2v) is 7.96. The van der Waals surface area contributed by atoms with Crippen molar-refractivity contribution in [1.29, 1.82) is 0 Å². The number of carbonyl (C=O) groups is 2. The highest BCUT2D eigenvalue weighted by Crippen LogP contribution is 2.21. The van der Waals surface area contributed by atoms with Crippen LogP contribution in [0.1, 0.15) is 22.3 Å². The summed E-state index contributed by atoms with van der Waals surface area (Å²) in [7, 11) is 0. The number of piperazine rings is 2. The van der Waals surface area contributed by atoms with E-state index < -0.39 is 6.04 Å². The lowest BCUT2D eigenvalue weighted by molar-refractivity contribution is -0.153. The molecule has 2 fully saturated rings. The summed E-state index contributed by atoms with van der Waals surface area (Å²) in [6.07, 6.45) is 0.543. The first-order valence-electron chi connectivity index (χ1n) is 9.94. The van der Waals surface area contributed by atoms with Crippen LogP contribution in [-0.2, 0) is 22.6 Å². The molecule has 5 nitrogen and oxygen atoms in total. The lowest BCUT2D eigenvalue weighted by Gasteiger charge is -2.45.